The number of halogens is 1. The number of rotatable bonds is 4. The number of anilines is 1. The first kappa shape index (κ1) is 19.8. The number of benzene rings is 3. The van der Waals surface area contributed by atoms with Crippen molar-refractivity contribution in [2.45, 2.75) is 12.5 Å². The highest BCUT2D eigenvalue weighted by atomic mass is 19.1. The van der Waals surface area contributed by atoms with Gasteiger partial charge in [0.15, 0.2) is 0 Å². The summed E-state index contributed by atoms with van der Waals surface area (Å²) < 4.78 is 19.6. The highest BCUT2D eigenvalue weighted by molar-refractivity contribution is 6.08. The Kier molecular flexibility index (Phi) is 4.83. The third-order valence-corrected chi connectivity index (χ3v) is 5.78. The first-order valence-corrected chi connectivity index (χ1v) is 10.1. The fourth-order valence-electron chi connectivity index (χ4n) is 4.30. The van der Waals surface area contributed by atoms with Crippen molar-refractivity contribution >= 4 is 17.4 Å². The van der Waals surface area contributed by atoms with Crippen molar-refractivity contribution in [3.63, 3.8) is 0 Å². The quantitative estimate of drug-likeness (QED) is 0.671. The number of hydrogen-bond donors (Lipinski definition) is 1. The molecule has 0 bridgehead atoms. The van der Waals surface area contributed by atoms with E-state index in [-0.39, 0.29) is 24.2 Å². The predicted molar refractivity (Wildman–Crippen MR) is 116 cm³/mol. The summed E-state index contributed by atoms with van der Waals surface area (Å²) in [6.07, 6.45) is -0.0812. The second-order valence-corrected chi connectivity index (χ2v) is 7.80. The Balaban J connectivity index is 1.59. The summed E-state index contributed by atoms with van der Waals surface area (Å²) in [5.74, 6) is -0.707. The van der Waals surface area contributed by atoms with Gasteiger partial charge < -0.3 is 9.84 Å². The SMILES string of the molecule is N#Cc1ccc(N2N=C3c4ccc(CC(=O)O)cc4OCC3C2c2ccc(F)cc2)cc1. The second-order valence-electron chi connectivity index (χ2n) is 7.80. The Morgan fingerprint density at radius 1 is 1.16 bits per heavy atom. The number of aliphatic carboxylic acids is 1. The maximum Gasteiger partial charge on any atom is 0.307 e. The zero-order chi connectivity index (χ0) is 22.2. The van der Waals surface area contributed by atoms with Gasteiger partial charge >= 0.3 is 5.97 Å². The zero-order valence-electron chi connectivity index (χ0n) is 16.9. The van der Waals surface area contributed by atoms with Crippen LogP contribution in [0.25, 0.3) is 0 Å². The first-order valence-electron chi connectivity index (χ1n) is 10.1. The molecule has 0 aliphatic carbocycles. The van der Waals surface area contributed by atoms with Gasteiger partial charge in [0, 0.05) is 5.56 Å². The summed E-state index contributed by atoms with van der Waals surface area (Å²) in [6.45, 7) is 0.358. The van der Waals surface area contributed by atoms with Crippen LogP contribution in [0.15, 0.2) is 71.8 Å². The molecule has 2 aliphatic heterocycles. The van der Waals surface area contributed by atoms with Gasteiger partial charge in [0.1, 0.15) is 11.6 Å². The van der Waals surface area contributed by atoms with E-state index >= 15 is 0 Å². The minimum absolute atomic E-state index is 0.0812. The topological polar surface area (TPSA) is 85.9 Å². The van der Waals surface area contributed by atoms with Crippen LogP contribution >= 0.6 is 0 Å². The van der Waals surface area contributed by atoms with Gasteiger partial charge in [-0.05, 0) is 59.7 Å². The molecule has 7 heteroatoms. The van der Waals surface area contributed by atoms with Crippen LogP contribution in [-0.4, -0.2) is 23.4 Å². The van der Waals surface area contributed by atoms with Crippen LogP contribution in [0.5, 0.6) is 5.75 Å². The van der Waals surface area contributed by atoms with Crippen LogP contribution in [0.2, 0.25) is 0 Å². The van der Waals surface area contributed by atoms with E-state index < -0.39 is 5.97 Å². The standard InChI is InChI=1S/C25H18FN3O3/c26-18-6-4-17(5-7-18)25-21-14-32-22-11-16(12-23(30)31)3-10-20(22)24(21)28-29(25)19-8-1-15(13-27)2-9-19/h1-11,21,25H,12,14H2,(H,30,31). The van der Waals surface area contributed by atoms with Crippen LogP contribution in [0.3, 0.4) is 0 Å². The average Bonchev–Trinajstić information content (AvgIpc) is 3.19. The van der Waals surface area contributed by atoms with E-state index in [4.69, 9.17) is 20.2 Å². The van der Waals surface area contributed by atoms with Crippen molar-refractivity contribution in [1.29, 1.82) is 5.26 Å². The number of carbonyl (C=O) groups is 1. The van der Waals surface area contributed by atoms with Crippen LogP contribution < -0.4 is 9.75 Å². The molecule has 0 fully saturated rings. The van der Waals surface area contributed by atoms with Crippen molar-refractivity contribution in [2.24, 2.45) is 11.0 Å². The molecule has 5 rings (SSSR count). The summed E-state index contributed by atoms with van der Waals surface area (Å²) in [6, 6.07) is 20.8. The monoisotopic (exact) mass is 427 g/mol. The molecule has 32 heavy (non-hydrogen) atoms. The Hall–Kier alpha value is -4.18. The lowest BCUT2D eigenvalue weighted by molar-refractivity contribution is -0.136. The Morgan fingerprint density at radius 2 is 1.91 bits per heavy atom. The second kappa shape index (κ2) is 7.82. The van der Waals surface area contributed by atoms with Crippen LogP contribution in [0.1, 0.15) is 28.3 Å². The van der Waals surface area contributed by atoms with Gasteiger partial charge in [0.25, 0.3) is 0 Å². The molecule has 2 unspecified atom stereocenters. The van der Waals surface area contributed by atoms with E-state index in [0.717, 1.165) is 22.5 Å². The lowest BCUT2D eigenvalue weighted by Gasteiger charge is -2.30. The van der Waals surface area contributed by atoms with Crippen molar-refractivity contribution in [2.75, 3.05) is 11.6 Å². The van der Waals surface area contributed by atoms with E-state index in [1.54, 1.807) is 36.4 Å². The molecule has 2 atom stereocenters. The van der Waals surface area contributed by atoms with Crippen molar-refractivity contribution in [3.05, 3.63) is 94.8 Å². The number of hydrogen-bond acceptors (Lipinski definition) is 5. The number of nitriles is 1. The third-order valence-electron chi connectivity index (χ3n) is 5.78. The molecule has 3 aromatic carbocycles. The maximum absolute atomic E-state index is 13.6. The van der Waals surface area contributed by atoms with Crippen LogP contribution in [0.4, 0.5) is 10.1 Å². The Morgan fingerprint density at radius 3 is 2.59 bits per heavy atom. The van der Waals surface area contributed by atoms with Crippen molar-refractivity contribution < 1.29 is 19.0 Å². The molecule has 0 amide bonds. The minimum atomic E-state index is -0.903. The van der Waals surface area contributed by atoms with Gasteiger partial charge in [-0.25, -0.2) is 4.39 Å². The van der Waals surface area contributed by atoms with Crippen LogP contribution in [-0.2, 0) is 11.2 Å². The fraction of sp³-hybridized carbons (Fsp3) is 0.160. The Bertz CT molecular complexity index is 1260. The van der Waals surface area contributed by atoms with E-state index in [0.29, 0.717) is 23.5 Å². The molecule has 2 heterocycles. The third kappa shape index (κ3) is 3.46. The van der Waals surface area contributed by atoms with E-state index in [1.807, 2.05) is 23.2 Å². The zero-order valence-corrected chi connectivity index (χ0v) is 16.9. The van der Waals surface area contributed by atoms with Gasteiger partial charge in [0.05, 0.1) is 48.0 Å². The highest BCUT2D eigenvalue weighted by Crippen LogP contribution is 2.44. The summed E-state index contributed by atoms with van der Waals surface area (Å²) in [7, 11) is 0. The summed E-state index contributed by atoms with van der Waals surface area (Å²) >= 11 is 0. The molecule has 0 saturated heterocycles. The molecule has 0 radical (unpaired) electrons. The number of fused-ring (bicyclic) bond motifs is 3. The van der Waals surface area contributed by atoms with Gasteiger partial charge in [0.2, 0.25) is 0 Å². The number of carboxylic acid groups (broad SMARTS) is 1. The summed E-state index contributed by atoms with van der Waals surface area (Å²) in [5.41, 5.74) is 4.58. The first-order chi connectivity index (χ1) is 15.5. The molecule has 0 aromatic heterocycles. The molecule has 3 aromatic rings. The lowest BCUT2D eigenvalue weighted by Crippen LogP contribution is -2.33. The lowest BCUT2D eigenvalue weighted by atomic mass is 9.85. The van der Waals surface area contributed by atoms with Gasteiger partial charge in [-0.2, -0.15) is 10.4 Å². The van der Waals surface area contributed by atoms with E-state index in [9.17, 15) is 9.18 Å². The number of hydrazone groups is 1. The molecule has 1 N–H and O–H groups in total. The summed E-state index contributed by atoms with van der Waals surface area (Å²) in [4.78, 5) is 11.1. The smallest absolute Gasteiger partial charge is 0.307 e. The maximum atomic E-state index is 13.6. The molecular formula is C25H18FN3O3. The normalized spacial score (nSPS) is 18.8. The largest absolute Gasteiger partial charge is 0.492 e. The van der Waals surface area contributed by atoms with Crippen LogP contribution in [0, 0.1) is 23.1 Å². The average molecular weight is 427 g/mol. The molecule has 0 saturated carbocycles. The highest BCUT2D eigenvalue weighted by Gasteiger charge is 2.43. The van der Waals surface area contributed by atoms with E-state index in [2.05, 4.69) is 6.07 Å². The summed E-state index contributed by atoms with van der Waals surface area (Å²) in [5, 5.41) is 25.0. The number of ether oxygens (including phenoxy) is 1. The van der Waals surface area contributed by atoms with Crippen molar-refractivity contribution in [3.8, 4) is 11.8 Å². The molecule has 6 nitrogen and oxygen atoms in total. The fourth-order valence-corrected chi connectivity index (χ4v) is 4.30. The van der Waals surface area contributed by atoms with Gasteiger partial charge in [-0.15, -0.1) is 0 Å². The number of carboxylic acids is 1. The van der Waals surface area contributed by atoms with Gasteiger partial charge in [-0.3, -0.25) is 9.80 Å². The predicted octanol–water partition coefficient (Wildman–Crippen LogP) is 4.30. The van der Waals surface area contributed by atoms with Crippen molar-refractivity contribution in [1.82, 2.24) is 0 Å². The molecule has 0 spiro atoms. The number of nitrogens with zero attached hydrogens (tertiary/aromatic N) is 3. The Labute approximate surface area is 183 Å². The minimum Gasteiger partial charge on any atom is -0.492 e. The molecule has 158 valence electrons. The molecule has 2 aliphatic rings. The molecular weight excluding hydrogens is 409 g/mol. The van der Waals surface area contributed by atoms with Gasteiger partial charge in [-0.1, -0.05) is 18.2 Å². The van der Waals surface area contributed by atoms with E-state index in [1.165, 1.54) is 12.1 Å².